The Morgan fingerprint density at radius 3 is 1.95 bits per heavy atom. The number of para-hydroxylation sites is 3. The van der Waals surface area contributed by atoms with E-state index in [1.54, 1.807) is 0 Å². The van der Waals surface area contributed by atoms with Gasteiger partial charge < -0.3 is 13.8 Å². The summed E-state index contributed by atoms with van der Waals surface area (Å²) >= 11 is 0. The van der Waals surface area contributed by atoms with Crippen LogP contribution in [0.4, 0.5) is 17.1 Å². The zero-order valence-corrected chi connectivity index (χ0v) is 34.4. The number of nitrogens with zero attached hydrogens (tertiary/aromatic N) is 2. The topological polar surface area (TPSA) is 21.3 Å². The maximum absolute atomic E-state index is 7.01. The SMILES string of the molecule is Cc1cc(C)c(-c2ccc3c(c2)B2c4c(cc5c(oc6ccccc65)c4-c4cccc5c6ccccc6n2c45)N3c2cc(C(C)(C)C)cc(C(C)(C)C)c2)c(C)c1. The Balaban J connectivity index is 1.35. The Hall–Kier alpha value is -6.00. The molecular weight excluding hydrogens is 691 g/mol. The van der Waals surface area contributed by atoms with E-state index in [0.29, 0.717) is 0 Å². The number of hydrogen-bond donors (Lipinski definition) is 0. The fourth-order valence-electron chi connectivity index (χ4n) is 10.3. The van der Waals surface area contributed by atoms with Gasteiger partial charge in [0.2, 0.25) is 0 Å². The van der Waals surface area contributed by atoms with Crippen molar-refractivity contribution in [1.82, 2.24) is 4.48 Å². The molecule has 4 heteroatoms. The lowest BCUT2D eigenvalue weighted by molar-refractivity contribution is 0.569. The smallest absolute Gasteiger partial charge is 0.333 e. The number of rotatable bonds is 2. The van der Waals surface area contributed by atoms with Gasteiger partial charge in [-0.25, -0.2) is 0 Å². The Morgan fingerprint density at radius 2 is 1.23 bits per heavy atom. The molecule has 2 aliphatic heterocycles. The summed E-state index contributed by atoms with van der Waals surface area (Å²) in [6, 6.07) is 46.1. The van der Waals surface area contributed by atoms with Gasteiger partial charge in [0.1, 0.15) is 11.2 Å². The number of benzene rings is 7. The molecule has 0 spiro atoms. The first-order valence-electron chi connectivity index (χ1n) is 20.5. The third-order valence-electron chi connectivity index (χ3n) is 12.9. The lowest BCUT2D eigenvalue weighted by Crippen LogP contribution is -2.56. The van der Waals surface area contributed by atoms with E-state index in [-0.39, 0.29) is 17.7 Å². The number of anilines is 3. The van der Waals surface area contributed by atoms with E-state index >= 15 is 0 Å². The van der Waals surface area contributed by atoms with Gasteiger partial charge in [-0.3, -0.25) is 0 Å². The van der Waals surface area contributed by atoms with Crippen molar-refractivity contribution < 1.29 is 4.42 Å². The van der Waals surface area contributed by atoms with Crippen molar-refractivity contribution in [3.05, 3.63) is 149 Å². The largest absolute Gasteiger partial charge is 0.455 e. The van der Waals surface area contributed by atoms with Crippen LogP contribution in [0.2, 0.25) is 0 Å². The molecule has 0 saturated heterocycles. The van der Waals surface area contributed by atoms with Crippen LogP contribution in [0, 0.1) is 20.8 Å². The highest BCUT2D eigenvalue weighted by atomic mass is 16.3. The van der Waals surface area contributed by atoms with Crippen molar-refractivity contribution >= 4 is 78.6 Å². The second kappa shape index (κ2) is 11.5. The van der Waals surface area contributed by atoms with Crippen LogP contribution in [0.5, 0.6) is 0 Å². The van der Waals surface area contributed by atoms with Crippen molar-refractivity contribution in [3.8, 4) is 22.3 Å². The maximum atomic E-state index is 7.01. The molecule has 2 aromatic heterocycles. The van der Waals surface area contributed by atoms with E-state index < -0.39 is 0 Å². The van der Waals surface area contributed by atoms with Crippen molar-refractivity contribution in [3.63, 3.8) is 0 Å². The average Bonchev–Trinajstić information content (AvgIpc) is 3.71. The Labute approximate surface area is 335 Å². The van der Waals surface area contributed by atoms with Gasteiger partial charge in [0.15, 0.2) is 0 Å². The fourth-order valence-corrected chi connectivity index (χ4v) is 10.3. The molecule has 3 nitrogen and oxygen atoms in total. The van der Waals surface area contributed by atoms with Gasteiger partial charge in [0, 0.05) is 60.8 Å². The first kappa shape index (κ1) is 34.3. The van der Waals surface area contributed by atoms with Crippen molar-refractivity contribution in [1.29, 1.82) is 0 Å². The molecule has 0 atom stereocenters. The predicted molar refractivity (Wildman–Crippen MR) is 244 cm³/mol. The molecule has 0 amide bonds. The van der Waals surface area contributed by atoms with E-state index in [9.17, 15) is 0 Å². The Morgan fingerprint density at radius 1 is 0.561 bits per heavy atom. The highest BCUT2D eigenvalue weighted by molar-refractivity contribution is 6.90. The molecule has 11 rings (SSSR count). The minimum atomic E-state index is -0.0879. The quantitative estimate of drug-likeness (QED) is 0.165. The Kier molecular flexibility index (Phi) is 6.94. The maximum Gasteiger partial charge on any atom is 0.333 e. The van der Waals surface area contributed by atoms with Gasteiger partial charge in [-0.15, -0.1) is 0 Å². The molecule has 0 aliphatic carbocycles. The van der Waals surface area contributed by atoms with Crippen LogP contribution in [0.1, 0.15) is 69.4 Å². The summed E-state index contributed by atoms with van der Waals surface area (Å²) in [5, 5.41) is 4.86. The van der Waals surface area contributed by atoms with Crippen LogP contribution in [-0.2, 0) is 10.8 Å². The summed E-state index contributed by atoms with van der Waals surface area (Å²) in [5.74, 6) is 0. The minimum Gasteiger partial charge on any atom is -0.455 e. The lowest BCUT2D eigenvalue weighted by atomic mass is 9.44. The van der Waals surface area contributed by atoms with Gasteiger partial charge in [-0.05, 0) is 112 Å². The number of hydrogen-bond acceptors (Lipinski definition) is 2. The molecule has 0 bridgehead atoms. The standard InChI is InChI=1S/C53H47BN2O/c1-30-23-31(2)47(32(3)24-30)33-21-22-44-42(25-33)54-49-45(55(44)36-27-34(52(4,5)6)26-35(28-36)53(7,8)9)29-41-38-16-11-13-20-46(38)57-51(41)48(49)40-18-14-17-39-37-15-10-12-19-43(37)56(54)50(39)40/h10-29H,1-9H3. The van der Waals surface area contributed by atoms with Crippen molar-refractivity contribution in [2.24, 2.45) is 0 Å². The fraction of sp³-hybridized carbons (Fsp3) is 0.208. The number of aromatic nitrogens is 1. The molecule has 57 heavy (non-hydrogen) atoms. The van der Waals surface area contributed by atoms with Gasteiger partial charge in [0.05, 0.1) is 0 Å². The lowest BCUT2D eigenvalue weighted by Gasteiger charge is -2.41. The molecular formula is C53H47BN2O. The number of furan rings is 1. The second-order valence-corrected chi connectivity index (χ2v) is 18.8. The molecule has 278 valence electrons. The first-order chi connectivity index (χ1) is 27.3. The summed E-state index contributed by atoms with van der Waals surface area (Å²) in [7, 11) is 0. The normalized spacial score (nSPS) is 13.6. The van der Waals surface area contributed by atoms with Gasteiger partial charge >= 0.3 is 6.85 Å². The first-order valence-corrected chi connectivity index (χ1v) is 20.5. The summed E-state index contributed by atoms with van der Waals surface area (Å²) in [5.41, 5.74) is 22.1. The predicted octanol–water partition coefficient (Wildman–Crippen LogP) is 13.3. The molecule has 7 aromatic carbocycles. The van der Waals surface area contributed by atoms with Gasteiger partial charge in [-0.1, -0.05) is 132 Å². The third-order valence-corrected chi connectivity index (χ3v) is 12.9. The summed E-state index contributed by atoms with van der Waals surface area (Å²) < 4.78 is 9.66. The molecule has 0 radical (unpaired) electrons. The second-order valence-electron chi connectivity index (χ2n) is 18.8. The Bertz CT molecular complexity index is 3140. The van der Waals surface area contributed by atoms with Gasteiger partial charge in [0.25, 0.3) is 0 Å². The number of aryl methyl sites for hydroxylation is 3. The van der Waals surface area contributed by atoms with Crippen LogP contribution < -0.4 is 15.8 Å². The van der Waals surface area contributed by atoms with E-state index in [1.807, 2.05) is 0 Å². The van der Waals surface area contributed by atoms with E-state index in [0.717, 1.165) is 21.9 Å². The van der Waals surface area contributed by atoms with Gasteiger partial charge in [-0.2, -0.15) is 0 Å². The van der Waals surface area contributed by atoms with Crippen molar-refractivity contribution in [2.45, 2.75) is 73.1 Å². The highest BCUT2D eigenvalue weighted by Crippen LogP contribution is 2.50. The molecule has 4 heterocycles. The zero-order chi connectivity index (χ0) is 39.3. The van der Waals surface area contributed by atoms with Crippen LogP contribution in [0.3, 0.4) is 0 Å². The highest BCUT2D eigenvalue weighted by Gasteiger charge is 2.44. The third kappa shape index (κ3) is 4.80. The minimum absolute atomic E-state index is 0.0414. The average molecular weight is 739 g/mol. The molecule has 0 N–H and O–H groups in total. The summed E-state index contributed by atoms with van der Waals surface area (Å²) in [6.07, 6.45) is 0. The van der Waals surface area contributed by atoms with Crippen LogP contribution in [-0.4, -0.2) is 11.3 Å². The van der Waals surface area contributed by atoms with E-state index in [4.69, 9.17) is 4.42 Å². The summed E-state index contributed by atoms with van der Waals surface area (Å²) in [4.78, 5) is 2.59. The van der Waals surface area contributed by atoms with Crippen molar-refractivity contribution in [2.75, 3.05) is 4.90 Å². The van der Waals surface area contributed by atoms with E-state index in [2.05, 4.69) is 193 Å². The monoisotopic (exact) mass is 738 g/mol. The zero-order valence-electron chi connectivity index (χ0n) is 34.4. The summed E-state index contributed by atoms with van der Waals surface area (Å²) in [6.45, 7) is 20.6. The van der Waals surface area contributed by atoms with Crippen LogP contribution >= 0.6 is 0 Å². The molecule has 0 unspecified atom stereocenters. The molecule has 2 aliphatic rings. The molecule has 0 saturated carbocycles. The van der Waals surface area contributed by atoms with Crippen LogP contribution in [0.15, 0.2) is 126 Å². The van der Waals surface area contributed by atoms with E-state index in [1.165, 1.54) is 99.9 Å². The molecule has 9 aromatic rings. The van der Waals surface area contributed by atoms with Crippen LogP contribution in [0.25, 0.3) is 66.0 Å². The molecule has 0 fully saturated rings. The number of fused-ring (bicyclic) bond motifs is 11.